The van der Waals surface area contributed by atoms with Crippen LogP contribution in [0.25, 0.3) is 0 Å². The van der Waals surface area contributed by atoms with E-state index in [2.05, 4.69) is 11.8 Å². The first-order valence-electron chi connectivity index (χ1n) is 5.78. The SMILES string of the molecule is CCCC1CN(C[C@H](O)CC)CCO1. The predicted octanol–water partition coefficient (Wildman–Crippen LogP) is 1.26. The number of hydrogen-bond acceptors (Lipinski definition) is 3. The van der Waals surface area contributed by atoms with Crippen molar-refractivity contribution in [1.29, 1.82) is 0 Å². The van der Waals surface area contributed by atoms with E-state index in [4.69, 9.17) is 4.74 Å². The van der Waals surface area contributed by atoms with Gasteiger partial charge in [-0.1, -0.05) is 20.3 Å². The van der Waals surface area contributed by atoms with E-state index in [1.54, 1.807) is 0 Å². The number of aliphatic hydroxyl groups excluding tert-OH is 1. The van der Waals surface area contributed by atoms with Gasteiger partial charge in [-0.15, -0.1) is 0 Å². The van der Waals surface area contributed by atoms with Gasteiger partial charge < -0.3 is 9.84 Å². The lowest BCUT2D eigenvalue weighted by atomic mass is 10.1. The lowest BCUT2D eigenvalue weighted by Crippen LogP contribution is -2.45. The zero-order valence-electron chi connectivity index (χ0n) is 9.41. The lowest BCUT2D eigenvalue weighted by molar-refractivity contribution is -0.0439. The minimum Gasteiger partial charge on any atom is -0.392 e. The molecule has 0 spiro atoms. The van der Waals surface area contributed by atoms with Gasteiger partial charge in [-0.05, 0) is 12.8 Å². The molecular weight excluding hydrogens is 178 g/mol. The molecule has 0 bridgehead atoms. The standard InChI is InChI=1S/C11H23NO2/c1-3-5-11-9-12(6-7-14-11)8-10(13)4-2/h10-11,13H,3-9H2,1-2H3/t10-,11?/m1/s1. The quantitative estimate of drug-likeness (QED) is 0.727. The van der Waals surface area contributed by atoms with Gasteiger partial charge in [0.15, 0.2) is 0 Å². The summed E-state index contributed by atoms with van der Waals surface area (Å²) in [5.41, 5.74) is 0. The molecule has 1 saturated heterocycles. The van der Waals surface area contributed by atoms with Crippen LogP contribution < -0.4 is 0 Å². The lowest BCUT2D eigenvalue weighted by Gasteiger charge is -2.33. The van der Waals surface area contributed by atoms with Crippen LogP contribution in [0.2, 0.25) is 0 Å². The van der Waals surface area contributed by atoms with E-state index in [1.165, 1.54) is 6.42 Å². The first-order chi connectivity index (χ1) is 6.76. The van der Waals surface area contributed by atoms with Crippen LogP contribution in [-0.2, 0) is 4.74 Å². The van der Waals surface area contributed by atoms with Crippen LogP contribution in [0.3, 0.4) is 0 Å². The molecule has 1 N–H and O–H groups in total. The number of hydrogen-bond donors (Lipinski definition) is 1. The fraction of sp³-hybridized carbons (Fsp3) is 1.00. The molecule has 14 heavy (non-hydrogen) atoms. The summed E-state index contributed by atoms with van der Waals surface area (Å²) in [6, 6.07) is 0. The van der Waals surface area contributed by atoms with E-state index in [0.717, 1.165) is 39.1 Å². The fourth-order valence-electron chi connectivity index (χ4n) is 1.87. The Morgan fingerprint density at radius 3 is 2.93 bits per heavy atom. The Kier molecular flexibility index (Phi) is 5.45. The summed E-state index contributed by atoms with van der Waals surface area (Å²) in [5, 5.41) is 9.54. The molecule has 1 rings (SSSR count). The maximum absolute atomic E-state index is 9.54. The highest BCUT2D eigenvalue weighted by Crippen LogP contribution is 2.11. The molecular formula is C11H23NO2. The van der Waals surface area contributed by atoms with Gasteiger partial charge in [0.1, 0.15) is 0 Å². The number of morpholine rings is 1. The maximum Gasteiger partial charge on any atom is 0.0702 e. The van der Waals surface area contributed by atoms with Crippen molar-refractivity contribution < 1.29 is 9.84 Å². The van der Waals surface area contributed by atoms with Crippen molar-refractivity contribution in [3.05, 3.63) is 0 Å². The molecule has 0 aromatic carbocycles. The van der Waals surface area contributed by atoms with Crippen LogP contribution >= 0.6 is 0 Å². The normalized spacial score (nSPS) is 26.4. The van der Waals surface area contributed by atoms with Crippen molar-refractivity contribution in [3.63, 3.8) is 0 Å². The molecule has 1 aliphatic heterocycles. The Morgan fingerprint density at radius 1 is 1.50 bits per heavy atom. The Bertz CT molecular complexity index is 150. The van der Waals surface area contributed by atoms with Crippen LogP contribution in [0, 0.1) is 0 Å². The summed E-state index contributed by atoms with van der Waals surface area (Å²) < 4.78 is 5.64. The number of β-amino-alcohol motifs (C(OH)–C–C–N with tert-alkyl or cyclic N) is 1. The Balaban J connectivity index is 2.25. The van der Waals surface area contributed by atoms with E-state index in [1.807, 2.05) is 6.92 Å². The van der Waals surface area contributed by atoms with Gasteiger partial charge in [-0.3, -0.25) is 4.90 Å². The van der Waals surface area contributed by atoms with Gasteiger partial charge >= 0.3 is 0 Å². The molecule has 1 aliphatic rings. The van der Waals surface area contributed by atoms with Crippen molar-refractivity contribution in [2.45, 2.75) is 45.3 Å². The van der Waals surface area contributed by atoms with Crippen molar-refractivity contribution >= 4 is 0 Å². The van der Waals surface area contributed by atoms with Crippen LogP contribution in [0.15, 0.2) is 0 Å². The molecule has 0 aromatic heterocycles. The highest BCUT2D eigenvalue weighted by atomic mass is 16.5. The summed E-state index contributed by atoms with van der Waals surface area (Å²) in [4.78, 5) is 2.32. The smallest absolute Gasteiger partial charge is 0.0702 e. The van der Waals surface area contributed by atoms with Gasteiger partial charge in [0.05, 0.1) is 18.8 Å². The molecule has 1 unspecified atom stereocenters. The molecule has 3 heteroatoms. The molecule has 0 aromatic rings. The molecule has 84 valence electrons. The Morgan fingerprint density at radius 2 is 2.29 bits per heavy atom. The second-order valence-electron chi connectivity index (χ2n) is 4.10. The minimum absolute atomic E-state index is 0.171. The highest BCUT2D eigenvalue weighted by Gasteiger charge is 2.20. The topological polar surface area (TPSA) is 32.7 Å². The summed E-state index contributed by atoms with van der Waals surface area (Å²) in [5.74, 6) is 0. The summed E-state index contributed by atoms with van der Waals surface area (Å²) >= 11 is 0. The average Bonchev–Trinajstić information content (AvgIpc) is 2.19. The molecule has 0 amide bonds. The van der Waals surface area contributed by atoms with Crippen molar-refractivity contribution in [2.75, 3.05) is 26.2 Å². The van der Waals surface area contributed by atoms with Gasteiger partial charge in [-0.2, -0.15) is 0 Å². The van der Waals surface area contributed by atoms with E-state index in [-0.39, 0.29) is 6.10 Å². The zero-order chi connectivity index (χ0) is 10.4. The maximum atomic E-state index is 9.54. The van der Waals surface area contributed by atoms with Crippen molar-refractivity contribution in [3.8, 4) is 0 Å². The fourth-order valence-corrected chi connectivity index (χ4v) is 1.87. The second kappa shape index (κ2) is 6.38. The van der Waals surface area contributed by atoms with Crippen LogP contribution in [-0.4, -0.2) is 48.5 Å². The van der Waals surface area contributed by atoms with Gasteiger partial charge in [0.2, 0.25) is 0 Å². The number of ether oxygens (including phenoxy) is 1. The van der Waals surface area contributed by atoms with Gasteiger partial charge in [-0.25, -0.2) is 0 Å². The number of nitrogens with zero attached hydrogens (tertiary/aromatic N) is 1. The van der Waals surface area contributed by atoms with Crippen LogP contribution in [0.1, 0.15) is 33.1 Å². The number of rotatable bonds is 5. The molecule has 1 fully saturated rings. The highest BCUT2D eigenvalue weighted by molar-refractivity contribution is 4.73. The van der Waals surface area contributed by atoms with E-state index < -0.39 is 0 Å². The van der Waals surface area contributed by atoms with E-state index in [9.17, 15) is 5.11 Å². The molecule has 1 heterocycles. The second-order valence-corrected chi connectivity index (χ2v) is 4.10. The average molecular weight is 201 g/mol. The largest absolute Gasteiger partial charge is 0.392 e. The third-order valence-electron chi connectivity index (χ3n) is 2.77. The molecule has 2 atom stereocenters. The summed E-state index contributed by atoms with van der Waals surface area (Å²) in [6.07, 6.45) is 3.37. The minimum atomic E-state index is -0.171. The van der Waals surface area contributed by atoms with E-state index in [0.29, 0.717) is 6.10 Å². The molecule has 0 aliphatic carbocycles. The van der Waals surface area contributed by atoms with Crippen LogP contribution in [0.5, 0.6) is 0 Å². The molecule has 0 radical (unpaired) electrons. The molecule has 0 saturated carbocycles. The Labute approximate surface area is 87.1 Å². The van der Waals surface area contributed by atoms with E-state index >= 15 is 0 Å². The van der Waals surface area contributed by atoms with Gasteiger partial charge in [0.25, 0.3) is 0 Å². The third-order valence-corrected chi connectivity index (χ3v) is 2.77. The van der Waals surface area contributed by atoms with Crippen molar-refractivity contribution in [2.24, 2.45) is 0 Å². The summed E-state index contributed by atoms with van der Waals surface area (Å²) in [6.45, 7) is 7.79. The monoisotopic (exact) mass is 201 g/mol. The predicted molar refractivity (Wildman–Crippen MR) is 57.4 cm³/mol. The zero-order valence-corrected chi connectivity index (χ0v) is 9.41. The van der Waals surface area contributed by atoms with Gasteiger partial charge in [0, 0.05) is 19.6 Å². The first-order valence-corrected chi connectivity index (χ1v) is 5.78. The third kappa shape index (κ3) is 3.95. The summed E-state index contributed by atoms with van der Waals surface area (Å²) in [7, 11) is 0. The first kappa shape index (κ1) is 12.0. The number of aliphatic hydroxyl groups is 1. The van der Waals surface area contributed by atoms with Crippen molar-refractivity contribution in [1.82, 2.24) is 4.90 Å². The van der Waals surface area contributed by atoms with Crippen LogP contribution in [0.4, 0.5) is 0 Å². The Hall–Kier alpha value is -0.120. The molecule has 3 nitrogen and oxygen atoms in total.